The largest absolute Gasteiger partial charge is 0.455 e. The van der Waals surface area contributed by atoms with Gasteiger partial charge in [0.25, 0.3) is 0 Å². The molecule has 0 aliphatic heterocycles. The second kappa shape index (κ2) is 4.79. The Hall–Kier alpha value is -1.52. The number of benzene rings is 1. The highest BCUT2D eigenvalue weighted by molar-refractivity contribution is 5.28. The summed E-state index contributed by atoms with van der Waals surface area (Å²) in [5, 5.41) is 0. The number of halogens is 10. The van der Waals surface area contributed by atoms with Gasteiger partial charge in [-0.2, -0.15) is 22.0 Å². The Morgan fingerprint density at radius 1 is 0.650 bits per heavy atom. The maximum absolute atomic E-state index is 13.1. The van der Waals surface area contributed by atoms with E-state index >= 15 is 0 Å². The fourth-order valence-electron chi connectivity index (χ4n) is 1.25. The smallest absolute Gasteiger partial charge is 0.319 e. The van der Waals surface area contributed by atoms with Gasteiger partial charge in [0.1, 0.15) is 6.04 Å². The first-order valence-electron chi connectivity index (χ1n) is 4.55. The zero-order chi connectivity index (χ0) is 16.0. The summed E-state index contributed by atoms with van der Waals surface area (Å²) in [6, 6.07) is -3.80. The summed E-state index contributed by atoms with van der Waals surface area (Å²) >= 11 is 0. The third kappa shape index (κ3) is 2.30. The molecule has 0 aliphatic carbocycles. The average molecular weight is 315 g/mol. The normalized spacial score (nSPS) is 14.6. The van der Waals surface area contributed by atoms with Gasteiger partial charge in [-0.25, -0.2) is 22.0 Å². The van der Waals surface area contributed by atoms with Crippen molar-refractivity contribution in [3.63, 3.8) is 0 Å². The summed E-state index contributed by atoms with van der Waals surface area (Å²) in [7, 11) is 0. The molecule has 0 unspecified atom stereocenters. The summed E-state index contributed by atoms with van der Waals surface area (Å²) in [4.78, 5) is 0. The molecule has 114 valence electrons. The number of hydrogen-bond acceptors (Lipinski definition) is 1. The third-order valence-electron chi connectivity index (χ3n) is 2.32. The van der Waals surface area contributed by atoms with Gasteiger partial charge >= 0.3 is 12.1 Å². The lowest BCUT2D eigenvalue weighted by Gasteiger charge is -2.26. The second-order valence-electron chi connectivity index (χ2n) is 3.58. The number of alkyl halides is 5. The van der Waals surface area contributed by atoms with Crippen LogP contribution in [0.1, 0.15) is 11.6 Å². The van der Waals surface area contributed by atoms with Crippen LogP contribution in [0.4, 0.5) is 43.9 Å². The van der Waals surface area contributed by atoms with Crippen LogP contribution < -0.4 is 5.73 Å². The summed E-state index contributed by atoms with van der Waals surface area (Å²) in [6.45, 7) is 0. The lowest BCUT2D eigenvalue weighted by Crippen LogP contribution is -2.46. The van der Waals surface area contributed by atoms with E-state index in [1.807, 2.05) is 0 Å². The van der Waals surface area contributed by atoms with Crippen LogP contribution in [-0.2, 0) is 0 Å². The van der Waals surface area contributed by atoms with Crippen molar-refractivity contribution in [1.82, 2.24) is 0 Å². The summed E-state index contributed by atoms with van der Waals surface area (Å²) in [6.07, 6.45) is -6.34. The minimum absolute atomic E-state index is 2.44. The zero-order valence-electron chi connectivity index (χ0n) is 8.93. The number of hydrogen-bond donors (Lipinski definition) is 1. The Bertz CT molecular complexity index is 506. The molecule has 0 aliphatic rings. The van der Waals surface area contributed by atoms with Crippen LogP contribution in [0.25, 0.3) is 0 Å². The molecule has 1 atom stereocenters. The Morgan fingerprint density at radius 3 is 1.25 bits per heavy atom. The maximum Gasteiger partial charge on any atom is 0.455 e. The second-order valence-corrected chi connectivity index (χ2v) is 3.58. The molecular weight excluding hydrogens is 312 g/mol. The van der Waals surface area contributed by atoms with Gasteiger partial charge in [-0.1, -0.05) is 0 Å². The predicted octanol–water partition coefficient (Wildman–Crippen LogP) is 3.58. The molecule has 1 aromatic rings. The van der Waals surface area contributed by atoms with Crippen molar-refractivity contribution in [3.8, 4) is 0 Å². The van der Waals surface area contributed by atoms with E-state index in [9.17, 15) is 43.9 Å². The van der Waals surface area contributed by atoms with E-state index in [1.54, 1.807) is 0 Å². The fraction of sp³-hybridized carbons (Fsp3) is 0.333. The molecule has 0 aromatic heterocycles. The molecule has 0 fully saturated rings. The number of nitrogens with two attached hydrogens (primary N) is 1. The van der Waals surface area contributed by atoms with E-state index in [2.05, 4.69) is 5.73 Å². The van der Waals surface area contributed by atoms with Crippen molar-refractivity contribution in [2.45, 2.75) is 18.1 Å². The molecule has 0 amide bonds. The van der Waals surface area contributed by atoms with E-state index in [0.717, 1.165) is 0 Å². The molecule has 0 spiro atoms. The molecule has 11 heteroatoms. The highest BCUT2D eigenvalue weighted by atomic mass is 19.4. The number of rotatable bonds is 2. The molecule has 0 radical (unpaired) electrons. The first kappa shape index (κ1) is 16.5. The lowest BCUT2D eigenvalue weighted by atomic mass is 9.99. The molecule has 0 saturated carbocycles. The maximum atomic E-state index is 13.1. The van der Waals surface area contributed by atoms with Gasteiger partial charge in [0.2, 0.25) is 5.82 Å². The van der Waals surface area contributed by atoms with Crippen LogP contribution >= 0.6 is 0 Å². The average Bonchev–Trinajstić information content (AvgIpc) is 2.32. The van der Waals surface area contributed by atoms with Gasteiger partial charge in [-0.15, -0.1) is 0 Å². The van der Waals surface area contributed by atoms with Gasteiger partial charge in [0.15, 0.2) is 23.3 Å². The van der Waals surface area contributed by atoms with Crippen molar-refractivity contribution in [2.24, 2.45) is 5.73 Å². The van der Waals surface area contributed by atoms with Crippen molar-refractivity contribution < 1.29 is 43.9 Å². The standard InChI is InChI=1S/C9H3F10N/c10-2-1(3(11)5(13)6(14)4(2)12)7(20)8(15,16)9(17,18)19/h7H,20H2/t7-/m1/s1. The Kier molecular flexibility index (Phi) is 3.96. The first-order valence-corrected chi connectivity index (χ1v) is 4.55. The minimum Gasteiger partial charge on any atom is -0.319 e. The quantitative estimate of drug-likeness (QED) is 0.504. The SMILES string of the molecule is N[C@H](c1c(F)c(F)c(F)c(F)c1F)C(F)(F)C(F)(F)F. The molecule has 0 bridgehead atoms. The Morgan fingerprint density at radius 2 is 0.950 bits per heavy atom. The molecule has 1 nitrogen and oxygen atoms in total. The molecule has 1 aromatic carbocycles. The Balaban J connectivity index is 3.57. The van der Waals surface area contributed by atoms with Crippen molar-refractivity contribution >= 4 is 0 Å². The highest BCUT2D eigenvalue weighted by Crippen LogP contribution is 2.45. The van der Waals surface area contributed by atoms with E-state index in [0.29, 0.717) is 0 Å². The van der Waals surface area contributed by atoms with E-state index in [4.69, 9.17) is 0 Å². The molecular formula is C9H3F10N. The van der Waals surface area contributed by atoms with Crippen molar-refractivity contribution in [1.29, 1.82) is 0 Å². The van der Waals surface area contributed by atoms with E-state index in [1.165, 1.54) is 0 Å². The highest BCUT2D eigenvalue weighted by Gasteiger charge is 2.63. The van der Waals surface area contributed by atoms with Gasteiger partial charge in [-0.3, -0.25) is 0 Å². The predicted molar refractivity (Wildman–Crippen MR) is 44.2 cm³/mol. The minimum atomic E-state index is -6.34. The van der Waals surface area contributed by atoms with Gasteiger partial charge in [-0.05, 0) is 0 Å². The summed E-state index contributed by atoms with van der Waals surface area (Å²) in [5.74, 6) is -19.6. The van der Waals surface area contributed by atoms with Crippen LogP contribution in [0.15, 0.2) is 0 Å². The molecule has 2 N–H and O–H groups in total. The topological polar surface area (TPSA) is 26.0 Å². The van der Waals surface area contributed by atoms with E-state index < -0.39 is 52.8 Å². The third-order valence-corrected chi connectivity index (χ3v) is 2.32. The first-order chi connectivity index (χ1) is 8.84. The molecule has 1 rings (SSSR count). The van der Waals surface area contributed by atoms with Crippen LogP contribution in [0.3, 0.4) is 0 Å². The lowest BCUT2D eigenvalue weighted by molar-refractivity contribution is -0.291. The van der Waals surface area contributed by atoms with Crippen molar-refractivity contribution in [3.05, 3.63) is 34.6 Å². The van der Waals surface area contributed by atoms with Gasteiger partial charge in [0.05, 0.1) is 5.56 Å². The van der Waals surface area contributed by atoms with Crippen LogP contribution in [0.2, 0.25) is 0 Å². The van der Waals surface area contributed by atoms with Gasteiger partial charge < -0.3 is 5.73 Å². The van der Waals surface area contributed by atoms with Crippen LogP contribution in [0.5, 0.6) is 0 Å². The molecule has 0 heterocycles. The van der Waals surface area contributed by atoms with Gasteiger partial charge in [0, 0.05) is 0 Å². The molecule has 0 saturated heterocycles. The summed E-state index contributed by atoms with van der Waals surface area (Å²) in [5.41, 5.74) is 1.90. The zero-order valence-corrected chi connectivity index (χ0v) is 8.93. The fourth-order valence-corrected chi connectivity index (χ4v) is 1.25. The molecule has 20 heavy (non-hydrogen) atoms. The van der Waals surface area contributed by atoms with Crippen molar-refractivity contribution in [2.75, 3.05) is 0 Å². The Labute approximate surface area is 104 Å². The van der Waals surface area contributed by atoms with E-state index in [-0.39, 0.29) is 0 Å². The van der Waals surface area contributed by atoms with Crippen LogP contribution in [-0.4, -0.2) is 12.1 Å². The monoisotopic (exact) mass is 315 g/mol. The van der Waals surface area contributed by atoms with Crippen LogP contribution in [0, 0.1) is 29.1 Å². The summed E-state index contributed by atoms with van der Waals surface area (Å²) < 4.78 is 126.